The van der Waals surface area contributed by atoms with Crippen LogP contribution in [0, 0.1) is 7.05 Å². The van der Waals surface area contributed by atoms with Crippen LogP contribution in [-0.4, -0.2) is 9.55 Å². The smallest absolute Gasteiger partial charge is 0.0957 e. The summed E-state index contributed by atoms with van der Waals surface area (Å²) >= 11 is 0. The van der Waals surface area contributed by atoms with Crippen molar-refractivity contribution in [2.24, 2.45) is 0 Å². The maximum absolute atomic E-state index is 5.47. The van der Waals surface area contributed by atoms with Gasteiger partial charge in [-0.05, 0) is 0 Å². The molecule has 2 aromatic rings. The van der Waals surface area contributed by atoms with Gasteiger partial charge in [-0.2, -0.15) is 0 Å². The minimum Gasteiger partial charge on any atom is -0.329 e. The second-order valence-corrected chi connectivity index (χ2v) is 2.57. The lowest BCUT2D eigenvalue weighted by atomic mass is 10.2. The molecular weight excluding hydrogens is 148 g/mol. The summed E-state index contributed by atoms with van der Waals surface area (Å²) in [6.07, 6.45) is 3.37. The normalized spacial score (nSPS) is 10.1. The van der Waals surface area contributed by atoms with Gasteiger partial charge in [-0.15, -0.1) is 0 Å². The summed E-state index contributed by atoms with van der Waals surface area (Å²) in [5.41, 5.74) is 1.99. The second-order valence-electron chi connectivity index (χ2n) is 2.57. The Hall–Kier alpha value is -1.57. The number of aromatic nitrogens is 2. The highest BCUT2D eigenvalue weighted by Crippen LogP contribution is 2.14. The van der Waals surface area contributed by atoms with Gasteiger partial charge in [-0.3, -0.25) is 0 Å². The molecule has 2 radical (unpaired) electrons. The average Bonchev–Trinajstić information content (AvgIpc) is 2.54. The summed E-state index contributed by atoms with van der Waals surface area (Å²) in [5.74, 6) is 0. The topological polar surface area (TPSA) is 17.8 Å². The van der Waals surface area contributed by atoms with Gasteiger partial charge in [0.2, 0.25) is 0 Å². The van der Waals surface area contributed by atoms with Gasteiger partial charge in [0, 0.05) is 11.8 Å². The Kier molecular flexibility index (Phi) is 1.67. The van der Waals surface area contributed by atoms with Crippen LogP contribution in [0.1, 0.15) is 0 Å². The van der Waals surface area contributed by atoms with E-state index in [0.29, 0.717) is 0 Å². The van der Waals surface area contributed by atoms with Crippen LogP contribution < -0.4 is 0 Å². The minimum absolute atomic E-state index is 0.901. The van der Waals surface area contributed by atoms with Crippen molar-refractivity contribution in [2.45, 2.75) is 0 Å². The highest BCUT2D eigenvalue weighted by atomic mass is 15.0. The number of imidazole rings is 1. The molecule has 0 N–H and O–H groups in total. The van der Waals surface area contributed by atoms with Gasteiger partial charge in [0.15, 0.2) is 0 Å². The first-order chi connectivity index (χ1) is 5.86. The fourth-order valence-corrected chi connectivity index (χ4v) is 1.09. The summed E-state index contributed by atoms with van der Waals surface area (Å²) in [6.45, 7) is 0. The molecule has 0 spiro atoms. The van der Waals surface area contributed by atoms with Crippen molar-refractivity contribution in [1.29, 1.82) is 0 Å². The molecule has 2 rings (SSSR count). The molecule has 0 fully saturated rings. The molecule has 2 heteroatoms. The van der Waals surface area contributed by atoms with E-state index >= 15 is 0 Å². The van der Waals surface area contributed by atoms with E-state index in [1.165, 1.54) is 4.57 Å². The van der Waals surface area contributed by atoms with Crippen molar-refractivity contribution in [3.05, 3.63) is 49.9 Å². The van der Waals surface area contributed by atoms with Crippen LogP contribution in [0.3, 0.4) is 0 Å². The third-order valence-electron chi connectivity index (χ3n) is 1.67. The Morgan fingerprint density at radius 3 is 2.50 bits per heavy atom. The summed E-state index contributed by atoms with van der Waals surface area (Å²) in [4.78, 5) is 4.12. The van der Waals surface area contributed by atoms with Crippen molar-refractivity contribution in [3.8, 4) is 11.3 Å². The van der Waals surface area contributed by atoms with Crippen LogP contribution in [0.2, 0.25) is 0 Å². The summed E-state index contributed by atoms with van der Waals surface area (Å²) in [7, 11) is 5.47. The minimum atomic E-state index is 0.901. The van der Waals surface area contributed by atoms with Crippen LogP contribution in [0.25, 0.3) is 11.3 Å². The van der Waals surface area contributed by atoms with Crippen molar-refractivity contribution < 1.29 is 0 Å². The van der Waals surface area contributed by atoms with Crippen molar-refractivity contribution in [2.75, 3.05) is 0 Å². The molecule has 0 atom stereocenters. The molecule has 1 aromatic carbocycles. The molecule has 0 aliphatic heterocycles. The highest BCUT2D eigenvalue weighted by Gasteiger charge is 1.97. The second kappa shape index (κ2) is 2.81. The Bertz CT molecular complexity index is 362. The third kappa shape index (κ3) is 1.23. The van der Waals surface area contributed by atoms with E-state index < -0.39 is 0 Å². The van der Waals surface area contributed by atoms with E-state index in [2.05, 4.69) is 4.98 Å². The van der Waals surface area contributed by atoms with Crippen LogP contribution in [0.5, 0.6) is 0 Å². The molecule has 2 nitrogen and oxygen atoms in total. The Labute approximate surface area is 71.5 Å². The summed E-state index contributed by atoms with van der Waals surface area (Å²) in [5, 5.41) is 0. The summed E-state index contributed by atoms with van der Waals surface area (Å²) in [6, 6.07) is 9.93. The lowest BCUT2D eigenvalue weighted by Gasteiger charge is -1.92. The summed E-state index contributed by atoms with van der Waals surface area (Å²) < 4.78 is 1.45. The predicted octanol–water partition coefficient (Wildman–Crippen LogP) is 2.07. The van der Waals surface area contributed by atoms with E-state index in [9.17, 15) is 0 Å². The van der Waals surface area contributed by atoms with Crippen LogP contribution in [0.4, 0.5) is 0 Å². The molecule has 0 bridgehead atoms. The first-order valence-electron chi connectivity index (χ1n) is 3.71. The standard InChI is InChI=1S/C10H8N2/c1-12-7-10(11-8-12)9-5-3-2-4-6-9/h1-8H. The highest BCUT2D eigenvalue weighted by molar-refractivity contribution is 5.57. The number of rotatable bonds is 1. The van der Waals surface area contributed by atoms with Crippen molar-refractivity contribution >= 4 is 0 Å². The Morgan fingerprint density at radius 2 is 1.92 bits per heavy atom. The van der Waals surface area contributed by atoms with E-state index in [-0.39, 0.29) is 0 Å². The maximum Gasteiger partial charge on any atom is 0.0957 e. The predicted molar refractivity (Wildman–Crippen MR) is 47.4 cm³/mol. The van der Waals surface area contributed by atoms with Gasteiger partial charge in [-0.1, -0.05) is 30.3 Å². The van der Waals surface area contributed by atoms with Gasteiger partial charge < -0.3 is 4.57 Å². The fourth-order valence-electron chi connectivity index (χ4n) is 1.09. The molecule has 1 aromatic heterocycles. The lowest BCUT2D eigenvalue weighted by Crippen LogP contribution is -1.75. The molecule has 0 aliphatic rings. The molecule has 1 heterocycles. The molecule has 0 saturated heterocycles. The van der Waals surface area contributed by atoms with E-state index in [4.69, 9.17) is 7.05 Å². The maximum atomic E-state index is 5.47. The van der Waals surface area contributed by atoms with E-state index in [0.717, 1.165) is 11.3 Å². The first kappa shape index (κ1) is 7.10. The average molecular weight is 156 g/mol. The first-order valence-corrected chi connectivity index (χ1v) is 3.71. The van der Waals surface area contributed by atoms with Crippen molar-refractivity contribution in [3.63, 3.8) is 0 Å². The van der Waals surface area contributed by atoms with Crippen LogP contribution in [-0.2, 0) is 0 Å². The van der Waals surface area contributed by atoms with Gasteiger partial charge >= 0.3 is 0 Å². The van der Waals surface area contributed by atoms with Gasteiger partial charge in [0.25, 0.3) is 0 Å². The van der Waals surface area contributed by atoms with Crippen LogP contribution in [0.15, 0.2) is 42.9 Å². The molecular formula is C10H8N2. The van der Waals surface area contributed by atoms with Gasteiger partial charge in [-0.25, -0.2) is 4.98 Å². The zero-order valence-electron chi connectivity index (χ0n) is 6.51. The number of benzene rings is 1. The number of hydrogen-bond donors (Lipinski definition) is 0. The van der Waals surface area contributed by atoms with Crippen molar-refractivity contribution in [1.82, 2.24) is 9.55 Å². The number of nitrogens with zero attached hydrogens (tertiary/aromatic N) is 2. The van der Waals surface area contributed by atoms with Gasteiger partial charge in [0.05, 0.1) is 19.1 Å². The Balaban J connectivity index is 2.45. The van der Waals surface area contributed by atoms with Gasteiger partial charge in [0.1, 0.15) is 0 Å². The molecule has 58 valence electrons. The number of hydrogen-bond acceptors (Lipinski definition) is 1. The fraction of sp³-hybridized carbons (Fsp3) is 0. The SMILES string of the molecule is [CH]n1cnc(-c2ccccc2)c1. The largest absolute Gasteiger partial charge is 0.329 e. The zero-order chi connectivity index (χ0) is 8.39. The Morgan fingerprint density at radius 1 is 1.17 bits per heavy atom. The zero-order valence-corrected chi connectivity index (χ0v) is 6.51. The quantitative estimate of drug-likeness (QED) is 0.618. The molecule has 0 saturated carbocycles. The molecule has 12 heavy (non-hydrogen) atoms. The lowest BCUT2D eigenvalue weighted by molar-refractivity contribution is 1.06. The van der Waals surface area contributed by atoms with Crippen LogP contribution >= 0.6 is 0 Å². The van der Waals surface area contributed by atoms with E-state index in [1.54, 1.807) is 12.5 Å². The third-order valence-corrected chi connectivity index (χ3v) is 1.67. The monoisotopic (exact) mass is 156 g/mol. The molecule has 0 aliphatic carbocycles. The molecule has 0 amide bonds. The van der Waals surface area contributed by atoms with E-state index in [1.807, 2.05) is 30.3 Å². The molecule has 0 unspecified atom stereocenters.